The second-order valence-electron chi connectivity index (χ2n) is 3.81. The van der Waals surface area contributed by atoms with Crippen LogP contribution in [0.5, 0.6) is 0 Å². The van der Waals surface area contributed by atoms with Crippen LogP contribution in [0.4, 0.5) is 0 Å². The standard InChI is InChI=1S/C13H8Cl2N2O3/c1-20-17-11(5-8(13(18)19)12(17)6-16)7-2-3-9(14)10(15)4-7/h2-5H,1H3,(H,18,19). The number of hydrogen-bond donors (Lipinski definition) is 1. The highest BCUT2D eigenvalue weighted by molar-refractivity contribution is 6.42. The molecule has 0 saturated carbocycles. The molecule has 1 aromatic heterocycles. The number of carboxylic acids is 1. The molecule has 0 aliphatic rings. The molecule has 2 aromatic rings. The van der Waals surface area contributed by atoms with Crippen molar-refractivity contribution in [1.82, 2.24) is 4.73 Å². The van der Waals surface area contributed by atoms with Crippen molar-refractivity contribution in [3.05, 3.63) is 45.6 Å². The van der Waals surface area contributed by atoms with Crippen molar-refractivity contribution >= 4 is 29.2 Å². The molecular weight excluding hydrogens is 303 g/mol. The van der Waals surface area contributed by atoms with Gasteiger partial charge in [0.05, 0.1) is 21.3 Å². The molecule has 5 nitrogen and oxygen atoms in total. The Morgan fingerprint density at radius 1 is 1.35 bits per heavy atom. The molecule has 0 unspecified atom stereocenters. The zero-order valence-electron chi connectivity index (χ0n) is 10.2. The van der Waals surface area contributed by atoms with E-state index < -0.39 is 5.97 Å². The summed E-state index contributed by atoms with van der Waals surface area (Å²) < 4.78 is 1.14. The lowest BCUT2D eigenvalue weighted by atomic mass is 10.1. The van der Waals surface area contributed by atoms with Gasteiger partial charge in [-0.2, -0.15) is 9.99 Å². The molecular formula is C13H8Cl2N2O3. The molecule has 0 aliphatic heterocycles. The summed E-state index contributed by atoms with van der Waals surface area (Å²) in [6, 6.07) is 7.97. The van der Waals surface area contributed by atoms with Crippen molar-refractivity contribution in [1.29, 1.82) is 5.26 Å². The molecule has 2 rings (SSSR count). The Bertz CT molecular complexity index is 732. The molecule has 0 radical (unpaired) electrons. The summed E-state index contributed by atoms with van der Waals surface area (Å²) in [5, 5.41) is 18.9. The van der Waals surface area contributed by atoms with Gasteiger partial charge in [0.1, 0.15) is 13.2 Å². The number of carbonyl (C=O) groups is 1. The van der Waals surface area contributed by atoms with Gasteiger partial charge in [-0.05, 0) is 18.2 Å². The normalized spacial score (nSPS) is 10.1. The third kappa shape index (κ3) is 2.31. The monoisotopic (exact) mass is 310 g/mol. The van der Waals surface area contributed by atoms with E-state index in [0.717, 1.165) is 4.73 Å². The van der Waals surface area contributed by atoms with Gasteiger partial charge in [0.2, 0.25) is 0 Å². The van der Waals surface area contributed by atoms with Crippen molar-refractivity contribution in [3.8, 4) is 17.3 Å². The average Bonchev–Trinajstić information content (AvgIpc) is 2.80. The van der Waals surface area contributed by atoms with Crippen LogP contribution in [0, 0.1) is 11.3 Å². The Labute approximate surface area is 124 Å². The van der Waals surface area contributed by atoms with E-state index in [2.05, 4.69) is 0 Å². The van der Waals surface area contributed by atoms with E-state index in [9.17, 15) is 4.79 Å². The molecule has 0 amide bonds. The van der Waals surface area contributed by atoms with Gasteiger partial charge >= 0.3 is 5.97 Å². The van der Waals surface area contributed by atoms with Crippen LogP contribution in [0.1, 0.15) is 16.1 Å². The quantitative estimate of drug-likeness (QED) is 0.945. The first-order chi connectivity index (χ1) is 9.49. The van der Waals surface area contributed by atoms with Crippen LogP contribution in [0.15, 0.2) is 24.3 Å². The average molecular weight is 311 g/mol. The topological polar surface area (TPSA) is 75.2 Å². The summed E-state index contributed by atoms with van der Waals surface area (Å²) >= 11 is 11.8. The Kier molecular flexibility index (Phi) is 3.89. The van der Waals surface area contributed by atoms with Crippen molar-refractivity contribution in [2.24, 2.45) is 0 Å². The smallest absolute Gasteiger partial charge is 0.338 e. The van der Waals surface area contributed by atoms with E-state index in [1.165, 1.54) is 13.2 Å². The van der Waals surface area contributed by atoms with E-state index in [0.29, 0.717) is 21.3 Å². The minimum absolute atomic E-state index is 0.0962. The minimum atomic E-state index is -1.21. The first kappa shape index (κ1) is 14.3. The highest BCUT2D eigenvalue weighted by Gasteiger charge is 2.21. The maximum atomic E-state index is 11.1. The highest BCUT2D eigenvalue weighted by atomic mass is 35.5. The second-order valence-corrected chi connectivity index (χ2v) is 4.63. The van der Waals surface area contributed by atoms with Gasteiger partial charge in [-0.1, -0.05) is 29.3 Å². The van der Waals surface area contributed by atoms with Crippen molar-refractivity contribution in [3.63, 3.8) is 0 Å². The molecule has 1 aromatic carbocycles. The first-order valence-corrected chi connectivity index (χ1v) is 6.14. The molecule has 102 valence electrons. The zero-order chi connectivity index (χ0) is 14.9. The van der Waals surface area contributed by atoms with E-state index in [-0.39, 0.29) is 11.3 Å². The Morgan fingerprint density at radius 2 is 2.05 bits per heavy atom. The summed E-state index contributed by atoms with van der Waals surface area (Å²) in [4.78, 5) is 16.2. The van der Waals surface area contributed by atoms with Crippen molar-refractivity contribution < 1.29 is 14.7 Å². The van der Waals surface area contributed by atoms with Gasteiger partial charge < -0.3 is 9.94 Å². The van der Waals surface area contributed by atoms with Gasteiger partial charge in [0, 0.05) is 5.56 Å². The predicted octanol–water partition coefficient (Wildman–Crippen LogP) is 3.09. The van der Waals surface area contributed by atoms with Gasteiger partial charge in [0.25, 0.3) is 0 Å². The first-order valence-electron chi connectivity index (χ1n) is 5.38. The molecule has 0 saturated heterocycles. The lowest BCUT2D eigenvalue weighted by Gasteiger charge is -2.08. The molecule has 0 spiro atoms. The van der Waals surface area contributed by atoms with Crippen LogP contribution < -0.4 is 4.84 Å². The van der Waals surface area contributed by atoms with Crippen LogP contribution in [0.25, 0.3) is 11.3 Å². The van der Waals surface area contributed by atoms with Gasteiger partial charge in [-0.3, -0.25) is 0 Å². The zero-order valence-corrected chi connectivity index (χ0v) is 11.7. The summed E-state index contributed by atoms with van der Waals surface area (Å²) in [5.41, 5.74) is 0.752. The van der Waals surface area contributed by atoms with Crippen molar-refractivity contribution in [2.45, 2.75) is 0 Å². The SMILES string of the molecule is COn1c(-c2ccc(Cl)c(Cl)c2)cc(C(=O)O)c1C#N. The number of carboxylic acid groups (broad SMARTS) is 1. The molecule has 20 heavy (non-hydrogen) atoms. The molecule has 0 atom stereocenters. The molecule has 7 heteroatoms. The fourth-order valence-electron chi connectivity index (χ4n) is 1.81. The molecule has 0 bridgehead atoms. The Hall–Kier alpha value is -2.16. The second kappa shape index (κ2) is 5.45. The molecule has 0 aliphatic carbocycles. The predicted molar refractivity (Wildman–Crippen MR) is 74.1 cm³/mol. The van der Waals surface area contributed by atoms with E-state index in [4.69, 9.17) is 38.4 Å². The number of aromatic carboxylic acids is 1. The van der Waals surface area contributed by atoms with Gasteiger partial charge in [-0.25, -0.2) is 4.79 Å². The Morgan fingerprint density at radius 3 is 2.55 bits per heavy atom. The Balaban J connectivity index is 2.71. The highest BCUT2D eigenvalue weighted by Crippen LogP contribution is 2.30. The fourth-order valence-corrected chi connectivity index (χ4v) is 2.11. The number of nitriles is 1. The third-order valence-electron chi connectivity index (χ3n) is 2.69. The van der Waals surface area contributed by atoms with E-state index >= 15 is 0 Å². The number of aromatic nitrogens is 1. The summed E-state index contributed by atoms with van der Waals surface area (Å²) in [6.07, 6.45) is 0. The van der Waals surface area contributed by atoms with E-state index in [1.807, 2.05) is 6.07 Å². The fraction of sp³-hybridized carbons (Fsp3) is 0.0769. The van der Waals surface area contributed by atoms with Gasteiger partial charge in [0.15, 0.2) is 5.69 Å². The maximum absolute atomic E-state index is 11.1. The molecule has 0 fully saturated rings. The van der Waals surface area contributed by atoms with Crippen LogP contribution in [0.2, 0.25) is 10.0 Å². The summed E-state index contributed by atoms with van der Waals surface area (Å²) in [6.45, 7) is 0. The summed E-state index contributed by atoms with van der Waals surface area (Å²) in [5.74, 6) is -1.21. The third-order valence-corrected chi connectivity index (χ3v) is 3.43. The van der Waals surface area contributed by atoms with Crippen LogP contribution in [0.3, 0.4) is 0 Å². The van der Waals surface area contributed by atoms with Crippen molar-refractivity contribution in [2.75, 3.05) is 7.11 Å². The maximum Gasteiger partial charge on any atom is 0.338 e. The van der Waals surface area contributed by atoms with Crippen LogP contribution in [-0.2, 0) is 0 Å². The minimum Gasteiger partial charge on any atom is -0.478 e. The number of rotatable bonds is 3. The van der Waals surface area contributed by atoms with Crippen LogP contribution in [-0.4, -0.2) is 22.9 Å². The lowest BCUT2D eigenvalue weighted by Crippen LogP contribution is -2.11. The molecule has 1 N–H and O–H groups in total. The number of hydrogen-bond acceptors (Lipinski definition) is 3. The number of halogens is 2. The van der Waals surface area contributed by atoms with E-state index in [1.54, 1.807) is 18.2 Å². The number of nitrogens with zero attached hydrogens (tertiary/aromatic N) is 2. The lowest BCUT2D eigenvalue weighted by molar-refractivity contribution is 0.0694. The largest absolute Gasteiger partial charge is 0.478 e. The molecule has 1 heterocycles. The van der Waals surface area contributed by atoms with Gasteiger partial charge in [-0.15, -0.1) is 0 Å². The number of benzene rings is 1. The summed E-state index contributed by atoms with van der Waals surface area (Å²) in [7, 11) is 1.34. The van der Waals surface area contributed by atoms with Crippen LogP contribution >= 0.6 is 23.2 Å².